The van der Waals surface area contributed by atoms with E-state index in [4.69, 9.17) is 9.47 Å². The van der Waals surface area contributed by atoms with Crippen LogP contribution in [0.5, 0.6) is 11.5 Å². The molecule has 2 amide bonds. The van der Waals surface area contributed by atoms with Crippen molar-refractivity contribution in [2.45, 2.75) is 12.8 Å². The highest BCUT2D eigenvalue weighted by Crippen LogP contribution is 2.21. The quantitative estimate of drug-likeness (QED) is 0.846. The number of likely N-dealkylation sites (tertiary alicyclic amines) is 1. The van der Waals surface area contributed by atoms with E-state index in [0.29, 0.717) is 32.0 Å². The van der Waals surface area contributed by atoms with E-state index in [1.165, 1.54) is 0 Å². The fourth-order valence-corrected chi connectivity index (χ4v) is 2.28. The van der Waals surface area contributed by atoms with Gasteiger partial charge in [0.2, 0.25) is 0 Å². The smallest absolute Gasteiger partial charge is 0.317 e. The van der Waals surface area contributed by atoms with Crippen LogP contribution in [0.25, 0.3) is 0 Å². The molecule has 0 spiro atoms. The first-order valence-electron chi connectivity index (χ1n) is 7.43. The average Bonchev–Trinajstić information content (AvgIpc) is 2.59. The molecule has 0 aliphatic carbocycles. The Labute approximate surface area is 133 Å². The minimum Gasteiger partial charge on any atom is -0.497 e. The summed E-state index contributed by atoms with van der Waals surface area (Å²) in [7, 11) is 1.59. The van der Waals surface area contributed by atoms with E-state index in [2.05, 4.69) is 5.32 Å². The van der Waals surface area contributed by atoms with Crippen LogP contribution in [-0.4, -0.2) is 44.3 Å². The Morgan fingerprint density at radius 1 is 1.17 bits per heavy atom. The minimum absolute atomic E-state index is 0.150. The zero-order valence-corrected chi connectivity index (χ0v) is 13.0. The van der Waals surface area contributed by atoms with Gasteiger partial charge < -0.3 is 19.7 Å². The number of halogens is 2. The molecule has 0 unspecified atom stereocenters. The van der Waals surface area contributed by atoms with Gasteiger partial charge in [0.25, 0.3) is 6.08 Å². The molecule has 2 rings (SSSR count). The van der Waals surface area contributed by atoms with E-state index in [-0.39, 0.29) is 24.4 Å². The van der Waals surface area contributed by atoms with Crippen LogP contribution in [-0.2, 0) is 0 Å². The van der Waals surface area contributed by atoms with Crippen molar-refractivity contribution < 1.29 is 23.0 Å². The topological polar surface area (TPSA) is 50.8 Å². The van der Waals surface area contributed by atoms with E-state index >= 15 is 0 Å². The molecular weight excluding hydrogens is 306 g/mol. The lowest BCUT2D eigenvalue weighted by molar-refractivity contribution is 0.189. The Hall–Kier alpha value is -2.31. The summed E-state index contributed by atoms with van der Waals surface area (Å²) in [4.78, 5) is 13.5. The Morgan fingerprint density at radius 2 is 1.78 bits per heavy atom. The third-order valence-corrected chi connectivity index (χ3v) is 3.63. The van der Waals surface area contributed by atoms with Crippen LogP contribution in [0.3, 0.4) is 0 Å². The van der Waals surface area contributed by atoms with E-state index in [1.807, 2.05) is 0 Å². The number of carbonyl (C=O) groups excluding carboxylic acids is 1. The van der Waals surface area contributed by atoms with Gasteiger partial charge in [-0.1, -0.05) is 0 Å². The highest BCUT2D eigenvalue weighted by Gasteiger charge is 2.21. The fraction of sp³-hybridized carbons (Fsp3) is 0.438. The number of rotatable bonds is 5. The minimum atomic E-state index is -1.61. The molecule has 0 saturated carbocycles. The summed E-state index contributed by atoms with van der Waals surface area (Å²) >= 11 is 0. The number of nitrogens with zero attached hydrogens (tertiary/aromatic N) is 1. The van der Waals surface area contributed by atoms with Gasteiger partial charge in [-0.15, -0.1) is 0 Å². The normalized spacial score (nSPS) is 14.4. The maximum absolute atomic E-state index is 12.4. The third-order valence-electron chi connectivity index (χ3n) is 3.63. The summed E-state index contributed by atoms with van der Waals surface area (Å²) in [5, 5.41) is 2.72. The number of urea groups is 1. The summed E-state index contributed by atoms with van der Waals surface area (Å²) in [6.45, 7) is 1.31. The fourth-order valence-electron chi connectivity index (χ4n) is 2.28. The molecule has 0 atom stereocenters. The van der Waals surface area contributed by atoms with Gasteiger partial charge in [-0.05, 0) is 42.7 Å². The summed E-state index contributed by atoms with van der Waals surface area (Å²) in [5.74, 6) is 1.43. The second-order valence-electron chi connectivity index (χ2n) is 5.11. The molecule has 126 valence electrons. The number of hydrogen-bond acceptors (Lipinski definition) is 3. The van der Waals surface area contributed by atoms with Gasteiger partial charge in [0.15, 0.2) is 0 Å². The Balaban J connectivity index is 1.66. The predicted molar refractivity (Wildman–Crippen MR) is 81.9 cm³/mol. The zero-order chi connectivity index (χ0) is 16.7. The molecule has 0 radical (unpaired) electrons. The standard InChI is InChI=1S/C16H20F2N2O3/c1-22-13-2-4-14(5-3-13)23-11-8-19-16(21)20-9-6-12(7-10-20)15(17)18/h2-5H,6-11H2,1H3,(H,19,21). The van der Waals surface area contributed by atoms with Gasteiger partial charge in [-0.3, -0.25) is 0 Å². The van der Waals surface area contributed by atoms with Crippen molar-refractivity contribution in [2.24, 2.45) is 0 Å². The van der Waals surface area contributed by atoms with Crippen molar-refractivity contribution in [2.75, 3.05) is 33.4 Å². The summed E-state index contributed by atoms with van der Waals surface area (Å²) < 4.78 is 35.4. The highest BCUT2D eigenvalue weighted by molar-refractivity contribution is 5.74. The van der Waals surface area contributed by atoms with E-state index in [0.717, 1.165) is 5.75 Å². The molecule has 1 fully saturated rings. The van der Waals surface area contributed by atoms with Crippen LogP contribution in [0.2, 0.25) is 0 Å². The first kappa shape index (κ1) is 17.1. The Bertz CT molecular complexity index is 547. The van der Waals surface area contributed by atoms with E-state index < -0.39 is 6.08 Å². The molecule has 1 aliphatic rings. The van der Waals surface area contributed by atoms with Gasteiger partial charge in [0, 0.05) is 13.1 Å². The number of nitrogens with one attached hydrogen (secondary N) is 1. The molecule has 1 aromatic carbocycles. The van der Waals surface area contributed by atoms with E-state index in [1.54, 1.807) is 36.3 Å². The lowest BCUT2D eigenvalue weighted by Gasteiger charge is -2.28. The highest BCUT2D eigenvalue weighted by atomic mass is 19.3. The van der Waals surface area contributed by atoms with Crippen LogP contribution in [0.15, 0.2) is 35.9 Å². The second-order valence-corrected chi connectivity index (χ2v) is 5.11. The number of ether oxygens (including phenoxy) is 2. The Kier molecular flexibility index (Phi) is 6.19. The number of carbonyl (C=O) groups is 1. The predicted octanol–water partition coefficient (Wildman–Crippen LogP) is 3.03. The molecule has 7 heteroatoms. The number of piperidine rings is 1. The number of methoxy groups -OCH3 is 1. The van der Waals surface area contributed by atoms with Crippen molar-refractivity contribution in [1.29, 1.82) is 0 Å². The SMILES string of the molecule is COc1ccc(OCCNC(=O)N2CCC(=C(F)F)CC2)cc1. The van der Waals surface area contributed by atoms with Gasteiger partial charge in [0.05, 0.1) is 13.7 Å². The molecule has 1 aliphatic heterocycles. The first-order chi connectivity index (χ1) is 11.1. The van der Waals surface area contributed by atoms with Crippen molar-refractivity contribution in [3.05, 3.63) is 35.9 Å². The number of benzene rings is 1. The molecule has 23 heavy (non-hydrogen) atoms. The molecule has 0 bridgehead atoms. The summed E-state index contributed by atoms with van der Waals surface area (Å²) in [6.07, 6.45) is -1.14. The molecule has 0 aromatic heterocycles. The van der Waals surface area contributed by atoms with Crippen molar-refractivity contribution in [3.8, 4) is 11.5 Å². The molecule has 5 nitrogen and oxygen atoms in total. The summed E-state index contributed by atoms with van der Waals surface area (Å²) in [5.41, 5.74) is 0.150. The number of amides is 2. The van der Waals surface area contributed by atoms with Crippen LogP contribution in [0.1, 0.15) is 12.8 Å². The maximum Gasteiger partial charge on any atom is 0.317 e. The molecule has 1 heterocycles. The van der Waals surface area contributed by atoms with Crippen molar-refractivity contribution in [3.63, 3.8) is 0 Å². The van der Waals surface area contributed by atoms with Crippen LogP contribution in [0, 0.1) is 0 Å². The largest absolute Gasteiger partial charge is 0.497 e. The van der Waals surface area contributed by atoms with Crippen LogP contribution >= 0.6 is 0 Å². The second kappa shape index (κ2) is 8.36. The Morgan fingerprint density at radius 3 is 2.35 bits per heavy atom. The lowest BCUT2D eigenvalue weighted by Crippen LogP contribution is -2.44. The van der Waals surface area contributed by atoms with Crippen molar-refractivity contribution >= 4 is 6.03 Å². The van der Waals surface area contributed by atoms with Gasteiger partial charge in [0.1, 0.15) is 18.1 Å². The number of hydrogen-bond donors (Lipinski definition) is 1. The first-order valence-corrected chi connectivity index (χ1v) is 7.43. The molecule has 1 aromatic rings. The zero-order valence-electron chi connectivity index (χ0n) is 13.0. The van der Waals surface area contributed by atoms with Crippen LogP contribution < -0.4 is 14.8 Å². The van der Waals surface area contributed by atoms with Crippen LogP contribution in [0.4, 0.5) is 13.6 Å². The van der Waals surface area contributed by atoms with Crippen molar-refractivity contribution in [1.82, 2.24) is 10.2 Å². The van der Waals surface area contributed by atoms with E-state index in [9.17, 15) is 13.6 Å². The lowest BCUT2D eigenvalue weighted by atomic mass is 10.1. The molecule has 1 saturated heterocycles. The van der Waals surface area contributed by atoms with Gasteiger partial charge in [-0.2, -0.15) is 8.78 Å². The molecule has 1 N–H and O–H groups in total. The average molecular weight is 326 g/mol. The molecular formula is C16H20F2N2O3. The third kappa shape index (κ3) is 5.12. The summed E-state index contributed by atoms with van der Waals surface area (Å²) in [6, 6.07) is 6.89. The monoisotopic (exact) mass is 326 g/mol. The maximum atomic E-state index is 12.4. The van der Waals surface area contributed by atoms with Gasteiger partial charge in [-0.25, -0.2) is 4.79 Å². The van der Waals surface area contributed by atoms with Gasteiger partial charge >= 0.3 is 6.03 Å².